The topological polar surface area (TPSA) is 99.6 Å². The van der Waals surface area contributed by atoms with Crippen LogP contribution in [0.1, 0.15) is 61.1 Å². The summed E-state index contributed by atoms with van der Waals surface area (Å²) in [5.41, 5.74) is 1.15. The normalized spacial score (nSPS) is 19.8. The van der Waals surface area contributed by atoms with Crippen molar-refractivity contribution in [1.82, 2.24) is 19.4 Å². The number of carbonyl (C=O) groups excluding carboxylic acids is 1. The number of nitrogens with one attached hydrogen (secondary N) is 2. The maximum atomic E-state index is 13.4. The van der Waals surface area contributed by atoms with Crippen LogP contribution in [0, 0.1) is 0 Å². The molecule has 0 radical (unpaired) electrons. The highest BCUT2D eigenvalue weighted by atomic mass is 32.2. The van der Waals surface area contributed by atoms with Gasteiger partial charge >= 0.3 is 16.2 Å². The van der Waals surface area contributed by atoms with E-state index in [0.717, 1.165) is 17.8 Å². The van der Waals surface area contributed by atoms with Crippen LogP contribution in [0.25, 0.3) is 0 Å². The molecular weight excluding hydrogens is 448 g/mol. The number of hydrogen-bond acceptors (Lipinski definition) is 6. The highest BCUT2D eigenvalue weighted by Crippen LogP contribution is 2.47. The van der Waals surface area contributed by atoms with E-state index in [4.69, 9.17) is 0 Å². The van der Waals surface area contributed by atoms with Crippen LogP contribution in [0.2, 0.25) is 0 Å². The second kappa shape index (κ2) is 9.03. The molecule has 1 aliphatic carbocycles. The van der Waals surface area contributed by atoms with E-state index in [-0.39, 0.29) is 12.0 Å². The first kappa shape index (κ1) is 23.1. The molecule has 2 N–H and O–H groups in total. The van der Waals surface area contributed by atoms with Gasteiger partial charge in [-0.15, -0.1) is 11.3 Å². The fourth-order valence-electron chi connectivity index (χ4n) is 4.23. The molecule has 176 valence electrons. The van der Waals surface area contributed by atoms with Gasteiger partial charge < -0.3 is 10.2 Å². The zero-order valence-corrected chi connectivity index (χ0v) is 20.7. The van der Waals surface area contributed by atoms with Gasteiger partial charge in [-0.25, -0.2) is 13.8 Å². The standard InChI is InChI=1S/C21H32N6O3S2/c1-14(2)20-18(10-19(31-20)15-7-8-15)23-21(28)24-32(29,30)27(17-11-22-26(4)13-17)16-6-5-9-25(3)12-16/h10-11,13-16H,5-9,12H2,1-4H3,(H2,23,24,28). The Morgan fingerprint density at radius 1 is 1.28 bits per heavy atom. The van der Waals surface area contributed by atoms with Gasteiger partial charge in [-0.05, 0) is 57.2 Å². The lowest BCUT2D eigenvalue weighted by molar-refractivity contribution is 0.251. The summed E-state index contributed by atoms with van der Waals surface area (Å²) in [5.74, 6) is 0.813. The summed E-state index contributed by atoms with van der Waals surface area (Å²) in [6, 6.07) is 0.973. The third kappa shape index (κ3) is 5.10. The van der Waals surface area contributed by atoms with E-state index in [0.29, 0.717) is 30.3 Å². The Morgan fingerprint density at radius 3 is 2.62 bits per heavy atom. The van der Waals surface area contributed by atoms with Crippen molar-refractivity contribution in [2.24, 2.45) is 7.05 Å². The lowest BCUT2D eigenvalue weighted by Crippen LogP contribution is -2.54. The number of urea groups is 1. The third-order valence-electron chi connectivity index (χ3n) is 5.89. The maximum absolute atomic E-state index is 13.4. The number of anilines is 2. The first-order chi connectivity index (χ1) is 15.1. The minimum Gasteiger partial charge on any atom is -0.306 e. The molecule has 1 saturated heterocycles. The van der Waals surface area contributed by atoms with Crippen LogP contribution in [0.4, 0.5) is 16.2 Å². The first-order valence-electron chi connectivity index (χ1n) is 11.1. The van der Waals surface area contributed by atoms with Gasteiger partial charge in [0.25, 0.3) is 0 Å². The van der Waals surface area contributed by atoms with Crippen molar-refractivity contribution in [3.8, 4) is 0 Å². The Bertz CT molecular complexity index is 1070. The van der Waals surface area contributed by atoms with Crippen molar-refractivity contribution in [2.75, 3.05) is 29.8 Å². The highest BCUT2D eigenvalue weighted by molar-refractivity contribution is 7.91. The Balaban J connectivity index is 1.55. The van der Waals surface area contributed by atoms with Crippen LogP contribution in [-0.4, -0.2) is 55.3 Å². The largest absolute Gasteiger partial charge is 0.334 e. The monoisotopic (exact) mass is 480 g/mol. The van der Waals surface area contributed by atoms with Gasteiger partial charge in [-0.3, -0.25) is 4.68 Å². The number of rotatable bonds is 7. The summed E-state index contributed by atoms with van der Waals surface area (Å²) in [4.78, 5) is 17.3. The van der Waals surface area contributed by atoms with Crippen LogP contribution >= 0.6 is 11.3 Å². The minimum atomic E-state index is -4.14. The predicted molar refractivity (Wildman–Crippen MR) is 128 cm³/mol. The Hall–Kier alpha value is -2.11. The number of likely N-dealkylation sites (N-methyl/N-ethyl adjacent to an activating group) is 1. The number of thiophene rings is 1. The minimum absolute atomic E-state index is 0.240. The Morgan fingerprint density at radius 2 is 2.03 bits per heavy atom. The second-order valence-electron chi connectivity index (χ2n) is 9.14. The zero-order valence-electron chi connectivity index (χ0n) is 19.0. The number of aromatic nitrogens is 2. The molecule has 32 heavy (non-hydrogen) atoms. The number of likely N-dealkylation sites (tertiary alicyclic amines) is 1. The summed E-state index contributed by atoms with van der Waals surface area (Å²) in [7, 11) is -0.427. The molecular formula is C21H32N6O3S2. The molecule has 2 aromatic rings. The van der Waals surface area contributed by atoms with E-state index >= 15 is 0 Å². The summed E-state index contributed by atoms with van der Waals surface area (Å²) in [6.45, 7) is 5.66. The number of hydrogen-bond donors (Lipinski definition) is 2. The van der Waals surface area contributed by atoms with Crippen LogP contribution in [0.3, 0.4) is 0 Å². The van der Waals surface area contributed by atoms with E-state index in [1.807, 2.05) is 13.1 Å². The number of nitrogens with zero attached hydrogens (tertiary/aromatic N) is 4. The quantitative estimate of drug-likeness (QED) is 0.632. The molecule has 2 aromatic heterocycles. The van der Waals surface area contributed by atoms with Gasteiger partial charge in [0, 0.05) is 29.5 Å². The maximum Gasteiger partial charge on any atom is 0.334 e. The molecule has 2 fully saturated rings. The molecule has 1 aliphatic heterocycles. The smallest absolute Gasteiger partial charge is 0.306 e. The molecule has 2 amide bonds. The van der Waals surface area contributed by atoms with E-state index in [9.17, 15) is 13.2 Å². The van der Waals surface area contributed by atoms with Crippen molar-refractivity contribution >= 4 is 39.0 Å². The summed E-state index contributed by atoms with van der Waals surface area (Å²) >= 11 is 1.71. The molecule has 0 bridgehead atoms. The number of amides is 2. The molecule has 11 heteroatoms. The van der Waals surface area contributed by atoms with Crippen molar-refractivity contribution in [3.63, 3.8) is 0 Å². The van der Waals surface area contributed by atoms with Gasteiger partial charge in [0.2, 0.25) is 0 Å². The molecule has 2 aliphatic rings. The number of aryl methyl sites for hydroxylation is 1. The van der Waals surface area contributed by atoms with Crippen molar-refractivity contribution in [1.29, 1.82) is 0 Å². The Labute approximate surface area is 194 Å². The van der Waals surface area contributed by atoms with Crippen molar-refractivity contribution in [3.05, 3.63) is 28.2 Å². The predicted octanol–water partition coefficient (Wildman–Crippen LogP) is 3.45. The average Bonchev–Trinajstić information content (AvgIpc) is 3.33. The van der Waals surface area contributed by atoms with E-state index in [1.54, 1.807) is 29.3 Å². The van der Waals surface area contributed by atoms with Crippen LogP contribution in [0.5, 0.6) is 0 Å². The number of piperidine rings is 1. The highest BCUT2D eigenvalue weighted by Gasteiger charge is 2.35. The van der Waals surface area contributed by atoms with E-state index in [2.05, 4.69) is 33.9 Å². The average molecular weight is 481 g/mol. The zero-order chi connectivity index (χ0) is 23.0. The van der Waals surface area contributed by atoms with Gasteiger partial charge in [-0.1, -0.05) is 13.8 Å². The van der Waals surface area contributed by atoms with E-state index < -0.39 is 16.2 Å². The molecule has 9 nitrogen and oxygen atoms in total. The first-order valence-corrected chi connectivity index (χ1v) is 13.3. The van der Waals surface area contributed by atoms with Gasteiger partial charge in [0.15, 0.2) is 0 Å². The SMILES string of the molecule is CC(C)c1sc(C2CC2)cc1NC(=O)NS(=O)(=O)N(c1cnn(C)c1)C1CCCN(C)C1. The molecule has 1 saturated carbocycles. The number of carbonyl (C=O) groups is 1. The van der Waals surface area contributed by atoms with Crippen molar-refractivity contribution < 1.29 is 13.2 Å². The van der Waals surface area contributed by atoms with Gasteiger partial charge in [0.05, 0.1) is 23.6 Å². The molecule has 1 atom stereocenters. The summed E-state index contributed by atoms with van der Waals surface area (Å²) in [5, 5.41) is 6.94. The fourth-order valence-corrected chi connectivity index (χ4v) is 6.84. The second-order valence-corrected chi connectivity index (χ2v) is 11.8. The van der Waals surface area contributed by atoms with Gasteiger partial charge in [0.1, 0.15) is 0 Å². The fraction of sp³-hybridized carbons (Fsp3) is 0.619. The van der Waals surface area contributed by atoms with Crippen LogP contribution in [-0.2, 0) is 17.3 Å². The molecule has 0 spiro atoms. The molecule has 0 aromatic carbocycles. The van der Waals surface area contributed by atoms with Crippen LogP contribution < -0.4 is 14.3 Å². The molecule has 4 rings (SSSR count). The third-order valence-corrected chi connectivity index (χ3v) is 8.96. The van der Waals surface area contributed by atoms with E-state index in [1.165, 1.54) is 28.2 Å². The lowest BCUT2D eigenvalue weighted by Gasteiger charge is -2.37. The van der Waals surface area contributed by atoms with Crippen LogP contribution in [0.15, 0.2) is 18.5 Å². The van der Waals surface area contributed by atoms with Crippen molar-refractivity contribution in [2.45, 2.75) is 57.4 Å². The molecule has 1 unspecified atom stereocenters. The lowest BCUT2D eigenvalue weighted by atomic mass is 10.1. The van der Waals surface area contributed by atoms with Gasteiger partial charge in [-0.2, -0.15) is 13.5 Å². The summed E-state index contributed by atoms with van der Waals surface area (Å²) in [6.07, 6.45) is 7.12. The Kier molecular flexibility index (Phi) is 6.51. The molecule has 3 heterocycles. The summed E-state index contributed by atoms with van der Waals surface area (Å²) < 4.78 is 31.9.